The Morgan fingerprint density at radius 2 is 1.58 bits per heavy atom. The van der Waals surface area contributed by atoms with Crippen molar-refractivity contribution in [3.8, 4) is 0 Å². The number of hydrogen-bond acceptors (Lipinski definition) is 3. The van der Waals surface area contributed by atoms with E-state index in [4.69, 9.17) is 0 Å². The summed E-state index contributed by atoms with van der Waals surface area (Å²) in [7, 11) is 0. The molecule has 3 nitrogen and oxygen atoms in total. The smallest absolute Gasteiger partial charge is 0.0649 e. The molecule has 0 spiro atoms. The fraction of sp³-hybridized carbons (Fsp3) is 0.429. The lowest BCUT2D eigenvalue weighted by atomic mass is 10.1. The van der Waals surface area contributed by atoms with Crippen LogP contribution in [0, 0.1) is 0 Å². The van der Waals surface area contributed by atoms with Crippen molar-refractivity contribution in [3.05, 3.63) is 54.6 Å². The molecule has 0 unspecified atom stereocenters. The molecule has 0 N–H and O–H groups in total. The second kappa shape index (κ2) is 6.86. The van der Waals surface area contributed by atoms with Gasteiger partial charge in [0.2, 0.25) is 0 Å². The van der Waals surface area contributed by atoms with Crippen molar-refractivity contribution >= 4 is 17.1 Å². The minimum absolute atomic E-state index is 0.755. The molecule has 126 valence electrons. The van der Waals surface area contributed by atoms with Gasteiger partial charge in [-0.05, 0) is 50.6 Å². The van der Waals surface area contributed by atoms with E-state index in [9.17, 15) is 0 Å². The Balaban J connectivity index is 1.53. The summed E-state index contributed by atoms with van der Waals surface area (Å²) in [5.41, 5.74) is 4.00. The highest BCUT2D eigenvalue weighted by Gasteiger charge is 2.25. The quantitative estimate of drug-likeness (QED) is 0.838. The molecule has 0 aromatic heterocycles. The van der Waals surface area contributed by atoms with Crippen molar-refractivity contribution in [1.29, 1.82) is 0 Å². The predicted molar refractivity (Wildman–Crippen MR) is 102 cm³/mol. The number of benzene rings is 2. The van der Waals surface area contributed by atoms with E-state index in [0.717, 1.165) is 25.7 Å². The molecular weight excluding hydrogens is 294 g/mol. The van der Waals surface area contributed by atoms with E-state index >= 15 is 0 Å². The molecule has 24 heavy (non-hydrogen) atoms. The normalized spacial score (nSPS) is 21.1. The van der Waals surface area contributed by atoms with E-state index in [1.54, 1.807) is 0 Å². The minimum Gasteiger partial charge on any atom is -0.367 e. The van der Waals surface area contributed by atoms with Gasteiger partial charge in [0.1, 0.15) is 0 Å². The van der Waals surface area contributed by atoms with Gasteiger partial charge in [0.15, 0.2) is 0 Å². The number of rotatable bonds is 4. The van der Waals surface area contributed by atoms with E-state index in [2.05, 4.69) is 76.2 Å². The second-order valence-corrected chi connectivity index (χ2v) is 6.99. The van der Waals surface area contributed by atoms with Crippen molar-refractivity contribution in [2.75, 3.05) is 42.5 Å². The third-order valence-corrected chi connectivity index (χ3v) is 5.52. The molecule has 1 fully saturated rings. The largest absolute Gasteiger partial charge is 0.367 e. The Labute approximate surface area is 145 Å². The van der Waals surface area contributed by atoms with Gasteiger partial charge >= 0.3 is 0 Å². The maximum Gasteiger partial charge on any atom is 0.0649 e. The third kappa shape index (κ3) is 3.01. The van der Waals surface area contributed by atoms with Gasteiger partial charge in [0.05, 0.1) is 11.4 Å². The molecule has 0 saturated carbocycles. The molecular formula is C21H27N3. The molecule has 0 bridgehead atoms. The lowest BCUT2D eigenvalue weighted by molar-refractivity contribution is 0.274. The van der Waals surface area contributed by atoms with Crippen molar-refractivity contribution in [3.63, 3.8) is 0 Å². The molecule has 1 atom stereocenters. The standard InChI is InChI=1S/C21H27N3/c1-18-8-7-13-22(18)14-15-23-16-17-24(19-9-3-2-4-10-19)21-12-6-5-11-20(21)23/h2-6,9-12,18H,7-8,13-17H2,1H3/t18-/m1/s1. The predicted octanol–water partition coefficient (Wildman–Crippen LogP) is 4.13. The maximum atomic E-state index is 2.65. The van der Waals surface area contributed by atoms with Crippen LogP contribution in [0.2, 0.25) is 0 Å². The van der Waals surface area contributed by atoms with Gasteiger partial charge in [-0.15, -0.1) is 0 Å². The summed E-state index contributed by atoms with van der Waals surface area (Å²) >= 11 is 0. The first kappa shape index (κ1) is 15.5. The van der Waals surface area contributed by atoms with Crippen LogP contribution in [0.4, 0.5) is 17.1 Å². The number of hydrogen-bond donors (Lipinski definition) is 0. The SMILES string of the molecule is C[C@@H]1CCCN1CCN1CCN(c2ccccc2)c2ccccc21. The maximum absolute atomic E-state index is 2.65. The summed E-state index contributed by atoms with van der Waals surface area (Å²) in [6.07, 6.45) is 2.72. The summed E-state index contributed by atoms with van der Waals surface area (Å²) in [6, 6.07) is 20.4. The monoisotopic (exact) mass is 321 g/mol. The average molecular weight is 321 g/mol. The van der Waals surface area contributed by atoms with Gasteiger partial charge in [0.25, 0.3) is 0 Å². The fourth-order valence-corrected chi connectivity index (χ4v) is 4.10. The van der Waals surface area contributed by atoms with E-state index in [-0.39, 0.29) is 0 Å². The first-order chi connectivity index (χ1) is 11.8. The zero-order chi connectivity index (χ0) is 16.4. The van der Waals surface area contributed by atoms with Crippen LogP contribution in [0.5, 0.6) is 0 Å². The van der Waals surface area contributed by atoms with E-state index < -0.39 is 0 Å². The van der Waals surface area contributed by atoms with E-state index in [0.29, 0.717) is 0 Å². The third-order valence-electron chi connectivity index (χ3n) is 5.52. The van der Waals surface area contributed by atoms with Crippen LogP contribution >= 0.6 is 0 Å². The molecule has 2 aromatic rings. The fourth-order valence-electron chi connectivity index (χ4n) is 4.10. The van der Waals surface area contributed by atoms with Crippen LogP contribution in [0.25, 0.3) is 0 Å². The Bertz CT molecular complexity index is 670. The Hall–Kier alpha value is -2.00. The zero-order valence-electron chi connectivity index (χ0n) is 14.6. The van der Waals surface area contributed by atoms with Gasteiger partial charge in [-0.3, -0.25) is 4.90 Å². The highest BCUT2D eigenvalue weighted by Crippen LogP contribution is 2.37. The number of para-hydroxylation sites is 3. The van der Waals surface area contributed by atoms with Crippen LogP contribution in [0.3, 0.4) is 0 Å². The number of nitrogens with zero attached hydrogens (tertiary/aromatic N) is 3. The molecule has 0 aliphatic carbocycles. The minimum atomic E-state index is 0.755. The Morgan fingerprint density at radius 1 is 0.833 bits per heavy atom. The summed E-state index contributed by atoms with van der Waals surface area (Å²) < 4.78 is 0. The molecule has 2 aliphatic rings. The lowest BCUT2D eigenvalue weighted by Crippen LogP contribution is -2.43. The van der Waals surface area contributed by atoms with Gasteiger partial charge in [0, 0.05) is 37.9 Å². The summed E-state index contributed by atoms with van der Waals surface area (Å²) in [6.45, 7) is 8.09. The molecule has 0 radical (unpaired) electrons. The average Bonchev–Trinajstić information content (AvgIpc) is 3.05. The van der Waals surface area contributed by atoms with Crippen molar-refractivity contribution in [2.45, 2.75) is 25.8 Å². The summed E-state index contributed by atoms with van der Waals surface area (Å²) in [5, 5.41) is 0. The summed E-state index contributed by atoms with van der Waals surface area (Å²) in [5.74, 6) is 0. The number of anilines is 3. The van der Waals surface area contributed by atoms with E-state index in [1.807, 2.05) is 0 Å². The molecule has 4 rings (SSSR count). The van der Waals surface area contributed by atoms with Gasteiger partial charge < -0.3 is 9.80 Å². The Morgan fingerprint density at radius 3 is 2.33 bits per heavy atom. The van der Waals surface area contributed by atoms with Crippen molar-refractivity contribution in [2.24, 2.45) is 0 Å². The Kier molecular flexibility index (Phi) is 4.44. The first-order valence-corrected chi connectivity index (χ1v) is 9.23. The first-order valence-electron chi connectivity index (χ1n) is 9.23. The topological polar surface area (TPSA) is 9.72 Å². The molecule has 2 aliphatic heterocycles. The number of likely N-dealkylation sites (tertiary alicyclic amines) is 1. The van der Waals surface area contributed by atoms with Gasteiger partial charge in [-0.2, -0.15) is 0 Å². The van der Waals surface area contributed by atoms with Gasteiger partial charge in [-0.25, -0.2) is 0 Å². The van der Waals surface area contributed by atoms with Crippen LogP contribution in [-0.4, -0.2) is 43.7 Å². The van der Waals surface area contributed by atoms with Crippen LogP contribution in [-0.2, 0) is 0 Å². The second-order valence-electron chi connectivity index (χ2n) is 6.99. The molecule has 2 heterocycles. The van der Waals surface area contributed by atoms with Crippen molar-refractivity contribution in [1.82, 2.24) is 4.90 Å². The number of fused-ring (bicyclic) bond motifs is 1. The van der Waals surface area contributed by atoms with Crippen LogP contribution in [0.1, 0.15) is 19.8 Å². The lowest BCUT2D eigenvalue weighted by Gasteiger charge is -2.39. The molecule has 0 amide bonds. The van der Waals surface area contributed by atoms with Crippen molar-refractivity contribution < 1.29 is 0 Å². The highest BCUT2D eigenvalue weighted by atomic mass is 15.3. The molecule has 1 saturated heterocycles. The highest BCUT2D eigenvalue weighted by molar-refractivity contribution is 5.79. The van der Waals surface area contributed by atoms with Crippen LogP contribution in [0.15, 0.2) is 54.6 Å². The zero-order valence-corrected chi connectivity index (χ0v) is 14.6. The van der Waals surface area contributed by atoms with Crippen LogP contribution < -0.4 is 9.80 Å². The van der Waals surface area contributed by atoms with E-state index in [1.165, 1.54) is 43.0 Å². The van der Waals surface area contributed by atoms with Gasteiger partial charge in [-0.1, -0.05) is 30.3 Å². The summed E-state index contributed by atoms with van der Waals surface area (Å²) in [4.78, 5) is 7.66. The molecule has 2 aromatic carbocycles. The molecule has 3 heteroatoms.